The number of ether oxygens (including phenoxy) is 1. The molecule has 0 radical (unpaired) electrons. The van der Waals surface area contributed by atoms with Gasteiger partial charge in [0.15, 0.2) is 0 Å². The molecule has 0 saturated heterocycles. The molecular weight excluding hydrogens is 258 g/mol. The summed E-state index contributed by atoms with van der Waals surface area (Å²) in [5.41, 5.74) is 1.29. The Labute approximate surface area is 108 Å². The van der Waals surface area contributed by atoms with Gasteiger partial charge in [0.1, 0.15) is 18.6 Å². The fraction of sp³-hybridized carbons (Fsp3) is 0.167. The Hall–Kier alpha value is -1.85. The van der Waals surface area contributed by atoms with Gasteiger partial charge < -0.3 is 14.3 Å². The quantitative estimate of drug-likeness (QED) is 0.901. The lowest BCUT2D eigenvalue weighted by Crippen LogP contribution is -2.06. The third-order valence-electron chi connectivity index (χ3n) is 2.10. The molecule has 0 fully saturated rings. The van der Waals surface area contributed by atoms with Gasteiger partial charge in [0.2, 0.25) is 5.89 Å². The number of benzene rings is 1. The maximum Gasteiger partial charge on any atom is 0.329 e. The second kappa shape index (κ2) is 5.66. The van der Waals surface area contributed by atoms with E-state index in [-0.39, 0.29) is 13.2 Å². The number of carboxylic acid groups (broad SMARTS) is 1. The van der Waals surface area contributed by atoms with Crippen LogP contribution in [0.15, 0.2) is 34.9 Å². The van der Waals surface area contributed by atoms with Crippen molar-refractivity contribution in [1.29, 1.82) is 0 Å². The minimum Gasteiger partial charge on any atom is -0.480 e. The first-order chi connectivity index (χ1) is 8.65. The molecule has 0 aliphatic carbocycles. The molecule has 1 N–H and O–H groups in total. The minimum absolute atomic E-state index is 0.0936. The smallest absolute Gasteiger partial charge is 0.329 e. The zero-order valence-electron chi connectivity index (χ0n) is 9.30. The van der Waals surface area contributed by atoms with Crippen molar-refractivity contribution in [3.05, 3.63) is 41.2 Å². The summed E-state index contributed by atoms with van der Waals surface area (Å²) < 4.78 is 10.2. The van der Waals surface area contributed by atoms with Gasteiger partial charge in [0.25, 0.3) is 0 Å². The Morgan fingerprint density at radius 1 is 1.50 bits per heavy atom. The molecule has 0 aliphatic rings. The lowest BCUT2D eigenvalue weighted by atomic mass is 10.2. The minimum atomic E-state index is -1.02. The summed E-state index contributed by atoms with van der Waals surface area (Å²) in [4.78, 5) is 14.4. The Kier molecular flexibility index (Phi) is 3.96. The number of rotatable bonds is 5. The average molecular weight is 268 g/mol. The second-order valence-electron chi connectivity index (χ2n) is 3.54. The summed E-state index contributed by atoms with van der Waals surface area (Å²) in [6.07, 6.45) is 1.43. The van der Waals surface area contributed by atoms with E-state index in [1.165, 1.54) is 6.26 Å². The average Bonchev–Trinajstić information content (AvgIpc) is 2.77. The van der Waals surface area contributed by atoms with Gasteiger partial charge in [0, 0.05) is 10.6 Å². The summed E-state index contributed by atoms with van der Waals surface area (Å²) in [6.45, 7) is -0.268. The highest BCUT2D eigenvalue weighted by Gasteiger charge is 2.07. The zero-order valence-corrected chi connectivity index (χ0v) is 10.1. The number of nitrogens with zero attached hydrogens (tertiary/aromatic N) is 1. The van der Waals surface area contributed by atoms with Crippen molar-refractivity contribution >= 4 is 17.6 Å². The SMILES string of the molecule is O=C(O)COCc1coc(-c2cccc(Cl)c2)n1. The fourth-order valence-corrected chi connectivity index (χ4v) is 1.56. The molecule has 0 atom stereocenters. The van der Waals surface area contributed by atoms with E-state index in [2.05, 4.69) is 4.98 Å². The predicted molar refractivity (Wildman–Crippen MR) is 64.2 cm³/mol. The maximum atomic E-state index is 10.3. The van der Waals surface area contributed by atoms with Crippen LogP contribution in [0.3, 0.4) is 0 Å². The van der Waals surface area contributed by atoms with E-state index in [0.29, 0.717) is 16.6 Å². The molecule has 0 aliphatic heterocycles. The van der Waals surface area contributed by atoms with Crippen LogP contribution >= 0.6 is 11.6 Å². The van der Waals surface area contributed by atoms with E-state index in [1.54, 1.807) is 18.2 Å². The van der Waals surface area contributed by atoms with Crippen molar-refractivity contribution in [2.45, 2.75) is 6.61 Å². The van der Waals surface area contributed by atoms with Crippen molar-refractivity contribution in [1.82, 2.24) is 4.98 Å². The third-order valence-corrected chi connectivity index (χ3v) is 2.33. The van der Waals surface area contributed by atoms with E-state index < -0.39 is 5.97 Å². The topological polar surface area (TPSA) is 72.6 Å². The Balaban J connectivity index is 2.04. The van der Waals surface area contributed by atoms with Crippen LogP contribution in [-0.2, 0) is 16.1 Å². The van der Waals surface area contributed by atoms with E-state index >= 15 is 0 Å². The van der Waals surface area contributed by atoms with Gasteiger partial charge in [-0.1, -0.05) is 17.7 Å². The molecule has 0 amide bonds. The summed E-state index contributed by atoms with van der Waals surface area (Å²) in [7, 11) is 0. The van der Waals surface area contributed by atoms with Gasteiger partial charge in [-0.2, -0.15) is 0 Å². The van der Waals surface area contributed by atoms with Gasteiger partial charge in [-0.25, -0.2) is 9.78 Å². The highest BCUT2D eigenvalue weighted by Crippen LogP contribution is 2.22. The molecule has 1 aromatic heterocycles. The molecular formula is C12H10ClNO4. The number of carbonyl (C=O) groups is 1. The molecule has 0 unspecified atom stereocenters. The Morgan fingerprint density at radius 3 is 3.06 bits per heavy atom. The normalized spacial score (nSPS) is 10.5. The molecule has 6 heteroatoms. The van der Waals surface area contributed by atoms with Crippen LogP contribution in [0.5, 0.6) is 0 Å². The predicted octanol–water partition coefficient (Wildman–Crippen LogP) is 2.60. The molecule has 2 rings (SSSR count). The maximum absolute atomic E-state index is 10.3. The first-order valence-electron chi connectivity index (χ1n) is 5.15. The number of hydrogen-bond donors (Lipinski definition) is 1. The van der Waals surface area contributed by atoms with Gasteiger partial charge in [0.05, 0.1) is 6.61 Å². The first kappa shape index (κ1) is 12.6. The van der Waals surface area contributed by atoms with Crippen molar-refractivity contribution in [3.63, 3.8) is 0 Å². The summed E-state index contributed by atoms with van der Waals surface area (Å²) in [5, 5.41) is 9.01. The molecule has 0 bridgehead atoms. The van der Waals surface area contributed by atoms with Crippen LogP contribution < -0.4 is 0 Å². The second-order valence-corrected chi connectivity index (χ2v) is 3.98. The summed E-state index contributed by atoms with van der Waals surface area (Å²) >= 11 is 5.86. The number of carboxylic acids is 1. The molecule has 18 heavy (non-hydrogen) atoms. The number of oxazole rings is 1. The number of aromatic nitrogens is 1. The van der Waals surface area contributed by atoms with Crippen LogP contribution in [0.2, 0.25) is 5.02 Å². The van der Waals surface area contributed by atoms with Crippen LogP contribution in [0, 0.1) is 0 Å². The van der Waals surface area contributed by atoms with Crippen molar-refractivity contribution in [2.75, 3.05) is 6.61 Å². The van der Waals surface area contributed by atoms with Gasteiger partial charge >= 0.3 is 5.97 Å². The van der Waals surface area contributed by atoms with Crippen LogP contribution in [0.1, 0.15) is 5.69 Å². The van der Waals surface area contributed by atoms with Gasteiger partial charge in [-0.3, -0.25) is 0 Å². The fourth-order valence-electron chi connectivity index (χ4n) is 1.37. The van der Waals surface area contributed by atoms with E-state index in [1.807, 2.05) is 6.07 Å². The van der Waals surface area contributed by atoms with E-state index in [0.717, 1.165) is 5.56 Å². The van der Waals surface area contributed by atoms with Crippen molar-refractivity contribution < 1.29 is 19.1 Å². The molecule has 0 spiro atoms. The Bertz CT molecular complexity index is 553. The first-order valence-corrected chi connectivity index (χ1v) is 5.53. The van der Waals surface area contributed by atoms with Crippen molar-refractivity contribution in [3.8, 4) is 11.5 Å². The van der Waals surface area contributed by atoms with Gasteiger partial charge in [-0.15, -0.1) is 0 Å². The standard InChI is InChI=1S/C12H10ClNO4/c13-9-3-1-2-8(4-9)12-14-10(6-18-12)5-17-7-11(15)16/h1-4,6H,5,7H2,(H,15,16). The van der Waals surface area contributed by atoms with Crippen LogP contribution in [0.4, 0.5) is 0 Å². The highest BCUT2D eigenvalue weighted by molar-refractivity contribution is 6.30. The third kappa shape index (κ3) is 3.32. The molecule has 1 heterocycles. The number of halogens is 1. The Morgan fingerprint density at radius 2 is 2.33 bits per heavy atom. The lowest BCUT2D eigenvalue weighted by Gasteiger charge is -1.96. The largest absolute Gasteiger partial charge is 0.480 e. The molecule has 1 aromatic carbocycles. The van der Waals surface area contributed by atoms with Crippen LogP contribution in [-0.4, -0.2) is 22.7 Å². The monoisotopic (exact) mass is 267 g/mol. The summed E-state index contributed by atoms with van der Waals surface area (Å²) in [6, 6.07) is 7.10. The van der Waals surface area contributed by atoms with E-state index in [4.69, 9.17) is 25.9 Å². The summed E-state index contributed by atoms with van der Waals surface area (Å²) in [5.74, 6) is -0.597. The molecule has 94 valence electrons. The molecule has 0 saturated carbocycles. The van der Waals surface area contributed by atoms with E-state index in [9.17, 15) is 4.79 Å². The number of aliphatic carboxylic acids is 1. The van der Waals surface area contributed by atoms with Crippen LogP contribution in [0.25, 0.3) is 11.5 Å². The lowest BCUT2D eigenvalue weighted by molar-refractivity contribution is -0.142. The highest BCUT2D eigenvalue weighted by atomic mass is 35.5. The van der Waals surface area contributed by atoms with Gasteiger partial charge in [-0.05, 0) is 18.2 Å². The molecule has 2 aromatic rings. The molecule has 5 nitrogen and oxygen atoms in total. The zero-order chi connectivity index (χ0) is 13.0. The number of hydrogen-bond acceptors (Lipinski definition) is 4. The van der Waals surface area contributed by atoms with Crippen molar-refractivity contribution in [2.24, 2.45) is 0 Å².